The van der Waals surface area contributed by atoms with Gasteiger partial charge in [-0.2, -0.15) is 0 Å². The van der Waals surface area contributed by atoms with Gasteiger partial charge >= 0.3 is 11.9 Å². The van der Waals surface area contributed by atoms with E-state index >= 15 is 0 Å². The number of hydrogen-bond donors (Lipinski definition) is 0. The van der Waals surface area contributed by atoms with Crippen LogP contribution in [0, 0.1) is 18.4 Å². The summed E-state index contributed by atoms with van der Waals surface area (Å²) in [6.45, 7) is 1.75. The maximum Gasteiger partial charge on any atom is 0.338 e. The summed E-state index contributed by atoms with van der Waals surface area (Å²) < 4.78 is 19.8. The van der Waals surface area contributed by atoms with Gasteiger partial charge in [-0.1, -0.05) is 17.7 Å². The first-order valence-corrected chi connectivity index (χ1v) is 7.76. The summed E-state index contributed by atoms with van der Waals surface area (Å²) in [4.78, 5) is 23.4. The molecule has 0 spiro atoms. The first-order chi connectivity index (χ1) is 12.6. The highest BCUT2D eigenvalue weighted by molar-refractivity contribution is 5.89. The number of rotatable bonds is 8. The number of aryl methyl sites for hydroxylation is 1. The molecule has 7 nitrogen and oxygen atoms in total. The van der Waals surface area contributed by atoms with Crippen molar-refractivity contribution in [2.75, 3.05) is 19.8 Å². The van der Waals surface area contributed by atoms with Gasteiger partial charge in [0.25, 0.3) is 6.26 Å². The molecular weight excluding hydrogens is 338 g/mol. The Hall–Kier alpha value is -3.37. The Bertz CT molecular complexity index is 777. The first kappa shape index (κ1) is 19.0. The molecule has 0 bridgehead atoms. The zero-order valence-corrected chi connectivity index (χ0v) is 14.1. The Morgan fingerprint density at radius 1 is 0.962 bits per heavy atom. The van der Waals surface area contributed by atoms with Crippen molar-refractivity contribution in [1.82, 2.24) is 0 Å². The molecule has 0 saturated carbocycles. The lowest BCUT2D eigenvalue weighted by Gasteiger charge is -2.07. The second-order valence-corrected chi connectivity index (χ2v) is 5.19. The van der Waals surface area contributed by atoms with Gasteiger partial charge in [0.15, 0.2) is 0 Å². The molecule has 0 aliphatic rings. The Labute approximate surface area is 150 Å². The fraction of sp³-hybridized carbons (Fsp3) is 0.211. The lowest BCUT2D eigenvalue weighted by Crippen LogP contribution is -2.18. The van der Waals surface area contributed by atoms with Gasteiger partial charge in [-0.25, -0.2) is 9.59 Å². The number of esters is 2. The maximum atomic E-state index is 11.8. The molecule has 0 radical (unpaired) electrons. The fourth-order valence-electron chi connectivity index (χ4n) is 1.91. The normalized spacial score (nSPS) is 9.85. The van der Waals surface area contributed by atoms with Crippen molar-refractivity contribution in [3.05, 3.63) is 59.7 Å². The van der Waals surface area contributed by atoms with Gasteiger partial charge in [-0.15, -0.1) is 5.26 Å². The fourth-order valence-corrected chi connectivity index (χ4v) is 1.91. The van der Waals surface area contributed by atoms with Crippen molar-refractivity contribution < 1.29 is 28.5 Å². The van der Waals surface area contributed by atoms with E-state index in [9.17, 15) is 9.59 Å². The van der Waals surface area contributed by atoms with Crippen LogP contribution in [0.4, 0.5) is 0 Å². The Morgan fingerprint density at radius 2 is 1.62 bits per heavy atom. The summed E-state index contributed by atoms with van der Waals surface area (Å²) >= 11 is 0. The average Bonchev–Trinajstić information content (AvgIpc) is 2.63. The number of nitriles is 1. The highest BCUT2D eigenvalue weighted by atomic mass is 16.6. The minimum absolute atomic E-state index is 0.0280. The molecule has 0 saturated heterocycles. The molecule has 0 aliphatic heterocycles. The summed E-state index contributed by atoms with van der Waals surface area (Å²) in [7, 11) is 0. The molecule has 0 unspecified atom stereocenters. The van der Waals surface area contributed by atoms with E-state index in [1.54, 1.807) is 18.4 Å². The van der Waals surface area contributed by atoms with Crippen molar-refractivity contribution >= 4 is 11.9 Å². The molecule has 0 aliphatic carbocycles. The summed E-state index contributed by atoms with van der Waals surface area (Å²) in [5, 5.41) is 8.38. The van der Waals surface area contributed by atoms with Gasteiger partial charge in [0, 0.05) is 0 Å². The first-order valence-electron chi connectivity index (χ1n) is 7.76. The Balaban J connectivity index is 1.63. The predicted octanol–water partition coefficient (Wildman–Crippen LogP) is 2.63. The van der Waals surface area contributed by atoms with Crippen molar-refractivity contribution in [1.29, 1.82) is 5.26 Å². The van der Waals surface area contributed by atoms with Gasteiger partial charge in [-0.3, -0.25) is 0 Å². The van der Waals surface area contributed by atoms with Crippen LogP contribution in [0.5, 0.6) is 11.5 Å². The van der Waals surface area contributed by atoms with E-state index < -0.39 is 11.9 Å². The minimum Gasteiger partial charge on any atom is -0.460 e. The lowest BCUT2D eigenvalue weighted by molar-refractivity contribution is -0.139. The largest absolute Gasteiger partial charge is 0.460 e. The zero-order valence-electron chi connectivity index (χ0n) is 14.1. The maximum absolute atomic E-state index is 11.8. The average molecular weight is 355 g/mol. The van der Waals surface area contributed by atoms with Crippen LogP contribution >= 0.6 is 0 Å². The van der Waals surface area contributed by atoms with Gasteiger partial charge in [0.2, 0.25) is 0 Å². The molecule has 2 aromatic carbocycles. The van der Waals surface area contributed by atoms with Crippen molar-refractivity contribution in [2.45, 2.75) is 6.92 Å². The lowest BCUT2D eigenvalue weighted by atomic mass is 10.1. The topological polar surface area (TPSA) is 94.8 Å². The molecule has 2 aromatic rings. The van der Waals surface area contributed by atoms with E-state index in [1.807, 2.05) is 19.1 Å². The highest BCUT2D eigenvalue weighted by Gasteiger charge is 2.08. The van der Waals surface area contributed by atoms with Crippen LogP contribution in [0.3, 0.4) is 0 Å². The molecule has 0 fully saturated rings. The van der Waals surface area contributed by atoms with E-state index in [2.05, 4.69) is 4.74 Å². The number of carbonyl (C=O) groups excluding carboxylic acids is 2. The summed E-state index contributed by atoms with van der Waals surface area (Å²) in [6.07, 6.45) is 1.54. The van der Waals surface area contributed by atoms with Crippen molar-refractivity contribution in [3.63, 3.8) is 0 Å². The van der Waals surface area contributed by atoms with Crippen LogP contribution in [-0.4, -0.2) is 31.8 Å². The monoisotopic (exact) mass is 355 g/mol. The quantitative estimate of drug-likeness (QED) is 0.311. The SMILES string of the molecule is Cc1ccc(C(=O)OCCOCC(=O)Oc2ccc(OC#N)cc2)cc1. The third-order valence-corrected chi connectivity index (χ3v) is 3.19. The number of nitrogens with zero attached hydrogens (tertiary/aromatic N) is 1. The number of hydrogen-bond acceptors (Lipinski definition) is 7. The van der Waals surface area contributed by atoms with E-state index in [0.29, 0.717) is 17.1 Å². The summed E-state index contributed by atoms with van der Waals surface area (Å²) in [5.74, 6) is -0.395. The van der Waals surface area contributed by atoms with Gasteiger partial charge in [0.05, 0.1) is 12.2 Å². The van der Waals surface area contributed by atoms with Gasteiger partial charge < -0.3 is 18.9 Å². The second kappa shape index (κ2) is 9.81. The molecule has 0 aromatic heterocycles. The molecule has 134 valence electrons. The number of carbonyl (C=O) groups is 2. The van der Waals surface area contributed by atoms with Gasteiger partial charge in [0.1, 0.15) is 24.7 Å². The predicted molar refractivity (Wildman–Crippen MR) is 90.6 cm³/mol. The number of ether oxygens (including phenoxy) is 4. The smallest absolute Gasteiger partial charge is 0.338 e. The molecule has 2 rings (SSSR count). The minimum atomic E-state index is -0.594. The van der Waals surface area contributed by atoms with Crippen LogP contribution in [0.2, 0.25) is 0 Å². The summed E-state index contributed by atoms with van der Waals surface area (Å²) in [5.41, 5.74) is 1.51. The van der Waals surface area contributed by atoms with Crippen LogP contribution in [0.15, 0.2) is 48.5 Å². The molecule has 26 heavy (non-hydrogen) atoms. The second-order valence-electron chi connectivity index (χ2n) is 5.19. The molecule has 7 heteroatoms. The standard InChI is InChI=1S/C19H17NO6/c1-14-2-4-15(5-3-14)19(22)24-11-10-23-12-18(21)26-17-8-6-16(7-9-17)25-13-20/h2-9H,10-12H2,1H3. The van der Waals surface area contributed by atoms with Crippen LogP contribution < -0.4 is 9.47 Å². The van der Waals surface area contributed by atoms with E-state index in [0.717, 1.165) is 5.56 Å². The van der Waals surface area contributed by atoms with Gasteiger partial charge in [-0.05, 0) is 43.3 Å². The zero-order chi connectivity index (χ0) is 18.8. The molecule has 0 atom stereocenters. The molecule has 0 N–H and O–H groups in total. The van der Waals surface area contributed by atoms with Crippen LogP contribution in [0.25, 0.3) is 0 Å². The van der Waals surface area contributed by atoms with E-state index in [-0.39, 0.29) is 19.8 Å². The summed E-state index contributed by atoms with van der Waals surface area (Å²) in [6, 6.07) is 13.0. The van der Waals surface area contributed by atoms with Crippen LogP contribution in [0.1, 0.15) is 15.9 Å². The van der Waals surface area contributed by atoms with Crippen molar-refractivity contribution in [3.8, 4) is 17.8 Å². The molecule has 0 heterocycles. The molecule has 0 amide bonds. The number of benzene rings is 2. The third kappa shape index (κ3) is 6.26. The van der Waals surface area contributed by atoms with Crippen molar-refractivity contribution in [2.24, 2.45) is 0 Å². The Kier molecular flexibility index (Phi) is 7.16. The molecular formula is C19H17NO6. The Morgan fingerprint density at radius 3 is 2.27 bits per heavy atom. The van der Waals surface area contributed by atoms with E-state index in [1.165, 1.54) is 24.3 Å². The third-order valence-electron chi connectivity index (χ3n) is 3.19. The van der Waals surface area contributed by atoms with Crippen LogP contribution in [-0.2, 0) is 14.3 Å². The highest BCUT2D eigenvalue weighted by Crippen LogP contribution is 2.17. The van der Waals surface area contributed by atoms with E-state index in [4.69, 9.17) is 19.5 Å².